The van der Waals surface area contributed by atoms with Crippen molar-refractivity contribution in [1.29, 1.82) is 0 Å². The van der Waals surface area contributed by atoms with E-state index < -0.39 is 6.04 Å². The van der Waals surface area contributed by atoms with Crippen molar-refractivity contribution in [3.8, 4) is 0 Å². The van der Waals surface area contributed by atoms with Gasteiger partial charge in [0.1, 0.15) is 6.04 Å². The van der Waals surface area contributed by atoms with Crippen LogP contribution in [-0.4, -0.2) is 30.4 Å². The molecule has 24 heavy (non-hydrogen) atoms. The Hall–Kier alpha value is -1.59. The molecule has 2 fully saturated rings. The maximum atomic E-state index is 12.6. The second-order valence-electron chi connectivity index (χ2n) is 6.80. The van der Waals surface area contributed by atoms with Gasteiger partial charge < -0.3 is 16.0 Å². The highest BCUT2D eigenvalue weighted by atomic mass is 35.5. The van der Waals surface area contributed by atoms with Gasteiger partial charge in [-0.15, -0.1) is 12.4 Å². The van der Waals surface area contributed by atoms with Gasteiger partial charge in [0, 0.05) is 24.2 Å². The summed E-state index contributed by atoms with van der Waals surface area (Å²) in [6.07, 6.45) is 4.26. The van der Waals surface area contributed by atoms with Crippen molar-refractivity contribution in [1.82, 2.24) is 5.32 Å². The van der Waals surface area contributed by atoms with E-state index in [1.807, 2.05) is 31.2 Å². The number of rotatable bonds is 3. The summed E-state index contributed by atoms with van der Waals surface area (Å²) in [5.41, 5.74) is 8.02. The first-order valence-electron chi connectivity index (χ1n) is 8.48. The van der Waals surface area contributed by atoms with Crippen molar-refractivity contribution < 1.29 is 9.59 Å². The summed E-state index contributed by atoms with van der Waals surface area (Å²) in [6.45, 7) is 2.67. The summed E-state index contributed by atoms with van der Waals surface area (Å²) in [5, 5.41) is 2.94. The lowest BCUT2D eigenvalue weighted by atomic mass is 9.85. The van der Waals surface area contributed by atoms with Crippen LogP contribution in [0.15, 0.2) is 24.3 Å². The molecule has 6 heteroatoms. The van der Waals surface area contributed by atoms with Gasteiger partial charge in [-0.2, -0.15) is 0 Å². The minimum atomic E-state index is -0.401. The Labute approximate surface area is 149 Å². The molecule has 0 radical (unpaired) electrons. The maximum absolute atomic E-state index is 12.6. The Bertz CT molecular complexity index is 590. The molecule has 3 unspecified atom stereocenters. The molecule has 1 heterocycles. The van der Waals surface area contributed by atoms with Gasteiger partial charge in [0.2, 0.25) is 11.8 Å². The molecule has 0 spiro atoms. The molecule has 3 atom stereocenters. The number of amides is 2. The fourth-order valence-electron chi connectivity index (χ4n) is 3.55. The molecule has 1 aromatic rings. The normalized spacial score (nSPS) is 26.8. The van der Waals surface area contributed by atoms with Crippen LogP contribution in [0, 0.1) is 12.8 Å². The maximum Gasteiger partial charge on any atom is 0.249 e. The number of nitrogens with two attached hydrogens (primary N) is 1. The standard InChI is InChI=1S/C18H25N3O2.ClH/c1-12-5-7-15(8-6-12)21-10-9-16(18(21)23)20-17(22)13-3-2-4-14(19)11-13;/h5-8,13-14,16H,2-4,9-11,19H2,1H3,(H,20,22);1H. The van der Waals surface area contributed by atoms with Crippen molar-refractivity contribution in [2.24, 2.45) is 11.7 Å². The van der Waals surface area contributed by atoms with Crippen molar-refractivity contribution in [2.45, 2.75) is 51.1 Å². The fraction of sp³-hybridized carbons (Fsp3) is 0.556. The van der Waals surface area contributed by atoms with Crippen molar-refractivity contribution >= 4 is 29.9 Å². The van der Waals surface area contributed by atoms with E-state index in [-0.39, 0.29) is 36.2 Å². The third-order valence-electron chi connectivity index (χ3n) is 4.95. The minimum Gasteiger partial charge on any atom is -0.344 e. The van der Waals surface area contributed by atoms with Crippen LogP contribution >= 0.6 is 12.4 Å². The number of hydrogen-bond donors (Lipinski definition) is 2. The second-order valence-corrected chi connectivity index (χ2v) is 6.80. The van der Waals surface area contributed by atoms with Crippen LogP contribution in [0.25, 0.3) is 0 Å². The van der Waals surface area contributed by atoms with Crippen molar-refractivity contribution in [3.05, 3.63) is 29.8 Å². The first-order chi connectivity index (χ1) is 11.0. The smallest absolute Gasteiger partial charge is 0.249 e. The third kappa shape index (κ3) is 4.08. The molecule has 132 valence electrons. The van der Waals surface area contributed by atoms with Crippen LogP contribution in [0.4, 0.5) is 5.69 Å². The molecule has 0 aromatic heterocycles. The number of nitrogens with zero attached hydrogens (tertiary/aromatic N) is 1. The predicted octanol–water partition coefficient (Wildman–Crippen LogP) is 2.16. The molecule has 1 saturated heterocycles. The Morgan fingerprint density at radius 3 is 2.58 bits per heavy atom. The molecule has 0 bridgehead atoms. The Kier molecular flexibility index (Phi) is 6.24. The highest BCUT2D eigenvalue weighted by Crippen LogP contribution is 2.25. The number of carbonyl (C=O) groups is 2. The first kappa shape index (κ1) is 18.7. The van der Waals surface area contributed by atoms with E-state index >= 15 is 0 Å². The number of carbonyl (C=O) groups excluding carboxylic acids is 2. The molecule has 2 amide bonds. The monoisotopic (exact) mass is 351 g/mol. The number of halogens is 1. The Morgan fingerprint density at radius 1 is 1.21 bits per heavy atom. The zero-order valence-corrected chi connectivity index (χ0v) is 14.8. The van der Waals surface area contributed by atoms with Gasteiger partial charge in [-0.25, -0.2) is 0 Å². The molecule has 3 N–H and O–H groups in total. The molecule has 1 saturated carbocycles. The van der Waals surface area contributed by atoms with E-state index in [4.69, 9.17) is 5.73 Å². The highest BCUT2D eigenvalue weighted by Gasteiger charge is 2.35. The lowest BCUT2D eigenvalue weighted by molar-refractivity contribution is -0.130. The zero-order chi connectivity index (χ0) is 16.4. The lowest BCUT2D eigenvalue weighted by Crippen LogP contribution is -2.45. The highest BCUT2D eigenvalue weighted by molar-refractivity contribution is 6.01. The minimum absolute atomic E-state index is 0. The van der Waals surface area contributed by atoms with Crippen LogP contribution in [0.5, 0.6) is 0 Å². The Morgan fingerprint density at radius 2 is 1.92 bits per heavy atom. The van der Waals surface area contributed by atoms with Crippen LogP contribution in [-0.2, 0) is 9.59 Å². The van der Waals surface area contributed by atoms with E-state index in [2.05, 4.69) is 5.32 Å². The van der Waals surface area contributed by atoms with E-state index in [0.29, 0.717) is 13.0 Å². The average Bonchev–Trinajstić information content (AvgIpc) is 2.89. The van der Waals surface area contributed by atoms with E-state index in [0.717, 1.165) is 31.4 Å². The summed E-state index contributed by atoms with van der Waals surface area (Å²) in [7, 11) is 0. The third-order valence-corrected chi connectivity index (χ3v) is 4.95. The van der Waals surface area contributed by atoms with Gasteiger partial charge >= 0.3 is 0 Å². The number of hydrogen-bond acceptors (Lipinski definition) is 3. The van der Waals surface area contributed by atoms with E-state index in [1.165, 1.54) is 5.56 Å². The average molecular weight is 352 g/mol. The number of nitrogens with one attached hydrogen (secondary N) is 1. The van der Waals surface area contributed by atoms with Gasteiger partial charge in [0.25, 0.3) is 0 Å². The van der Waals surface area contributed by atoms with Gasteiger partial charge in [0.15, 0.2) is 0 Å². The number of anilines is 1. The number of benzene rings is 1. The predicted molar refractivity (Wildman–Crippen MR) is 97.3 cm³/mol. The largest absolute Gasteiger partial charge is 0.344 e. The van der Waals surface area contributed by atoms with Gasteiger partial charge in [0.05, 0.1) is 0 Å². The molecular weight excluding hydrogens is 326 g/mol. The Balaban J connectivity index is 0.00000208. The molecular formula is C18H26ClN3O2. The SMILES string of the molecule is Cc1ccc(N2CCC(NC(=O)C3CCCC(N)C3)C2=O)cc1.Cl. The summed E-state index contributed by atoms with van der Waals surface area (Å²) in [6, 6.07) is 7.62. The molecule has 1 aliphatic carbocycles. The molecule has 5 nitrogen and oxygen atoms in total. The second kappa shape index (κ2) is 7.99. The van der Waals surface area contributed by atoms with Gasteiger partial charge in [-0.05, 0) is 44.7 Å². The lowest BCUT2D eigenvalue weighted by Gasteiger charge is -2.26. The summed E-state index contributed by atoms with van der Waals surface area (Å²) >= 11 is 0. The first-order valence-corrected chi connectivity index (χ1v) is 8.48. The summed E-state index contributed by atoms with van der Waals surface area (Å²) in [4.78, 5) is 26.7. The zero-order valence-electron chi connectivity index (χ0n) is 14.0. The van der Waals surface area contributed by atoms with E-state index in [9.17, 15) is 9.59 Å². The topological polar surface area (TPSA) is 75.4 Å². The van der Waals surface area contributed by atoms with Crippen LogP contribution in [0.3, 0.4) is 0 Å². The van der Waals surface area contributed by atoms with Crippen molar-refractivity contribution in [3.63, 3.8) is 0 Å². The molecule has 1 aliphatic heterocycles. The molecule has 3 rings (SSSR count). The van der Waals surface area contributed by atoms with E-state index in [1.54, 1.807) is 4.90 Å². The van der Waals surface area contributed by atoms with Gasteiger partial charge in [-0.1, -0.05) is 24.1 Å². The summed E-state index contributed by atoms with van der Waals surface area (Å²) < 4.78 is 0. The summed E-state index contributed by atoms with van der Waals surface area (Å²) in [5.74, 6) is -0.0634. The van der Waals surface area contributed by atoms with Crippen LogP contribution in [0.1, 0.15) is 37.7 Å². The number of aryl methyl sites for hydroxylation is 1. The molecule has 1 aromatic carbocycles. The molecule has 2 aliphatic rings. The quantitative estimate of drug-likeness (QED) is 0.876. The van der Waals surface area contributed by atoms with Gasteiger partial charge in [-0.3, -0.25) is 9.59 Å². The van der Waals surface area contributed by atoms with Crippen LogP contribution in [0.2, 0.25) is 0 Å². The van der Waals surface area contributed by atoms with Crippen molar-refractivity contribution in [2.75, 3.05) is 11.4 Å². The van der Waals surface area contributed by atoms with Crippen LogP contribution < -0.4 is 16.0 Å². The fourth-order valence-corrected chi connectivity index (χ4v) is 3.55.